The molecule has 31 heavy (non-hydrogen) atoms. The number of nitrogens with zero attached hydrogens (tertiary/aromatic N) is 2. The van der Waals surface area contributed by atoms with Gasteiger partial charge >= 0.3 is 10.1 Å². The topological polar surface area (TPSA) is 85.2 Å². The molecular formula is C24H20N2O4S. The molecule has 1 heterocycles. The highest BCUT2D eigenvalue weighted by Crippen LogP contribution is 2.40. The van der Waals surface area contributed by atoms with Crippen molar-refractivity contribution in [3.8, 4) is 0 Å². The molecule has 0 N–H and O–H groups in total. The van der Waals surface area contributed by atoms with E-state index in [0.717, 1.165) is 5.56 Å². The van der Waals surface area contributed by atoms with Crippen LogP contribution < -0.4 is 0 Å². The van der Waals surface area contributed by atoms with E-state index in [1.54, 1.807) is 48.5 Å². The van der Waals surface area contributed by atoms with Crippen LogP contribution in [0.1, 0.15) is 29.8 Å². The van der Waals surface area contributed by atoms with E-state index >= 15 is 0 Å². The van der Waals surface area contributed by atoms with Gasteiger partial charge in [0.05, 0.1) is 11.4 Å². The van der Waals surface area contributed by atoms with Gasteiger partial charge in [0.1, 0.15) is 4.90 Å². The van der Waals surface area contributed by atoms with Crippen LogP contribution in [-0.2, 0) is 19.8 Å². The first-order chi connectivity index (χ1) is 14.8. The largest absolute Gasteiger partial charge is 0.358 e. The molecule has 3 aromatic carbocycles. The number of para-hydroxylation sites is 1. The zero-order chi connectivity index (χ0) is 22.1. The SMILES string of the molecule is CC1(C)C(C(=NOS(=O)(=O)c2ccccc2)C(=O)c2ccccc2)=Nc2ccccc21. The van der Waals surface area contributed by atoms with Crippen LogP contribution in [0.25, 0.3) is 0 Å². The lowest BCUT2D eigenvalue weighted by molar-refractivity contribution is 0.106. The third-order valence-corrected chi connectivity index (χ3v) is 6.26. The summed E-state index contributed by atoms with van der Waals surface area (Å²) in [5, 5.41) is 3.86. The molecule has 7 heteroatoms. The Kier molecular flexibility index (Phi) is 5.29. The number of benzene rings is 3. The lowest BCUT2D eigenvalue weighted by atomic mass is 9.78. The Morgan fingerprint density at radius 3 is 2.10 bits per heavy atom. The van der Waals surface area contributed by atoms with Gasteiger partial charge in [-0.05, 0) is 37.6 Å². The number of hydrogen-bond acceptors (Lipinski definition) is 6. The van der Waals surface area contributed by atoms with E-state index < -0.39 is 21.3 Å². The smallest absolute Gasteiger partial charge is 0.287 e. The Morgan fingerprint density at radius 2 is 1.45 bits per heavy atom. The first-order valence-electron chi connectivity index (χ1n) is 9.66. The van der Waals surface area contributed by atoms with Crippen molar-refractivity contribution in [1.82, 2.24) is 0 Å². The molecule has 1 aliphatic heterocycles. The van der Waals surface area contributed by atoms with Crippen molar-refractivity contribution in [2.24, 2.45) is 10.1 Å². The van der Waals surface area contributed by atoms with E-state index in [0.29, 0.717) is 17.0 Å². The molecule has 4 rings (SSSR count). The average molecular weight is 433 g/mol. The predicted octanol–water partition coefficient (Wildman–Crippen LogP) is 4.69. The second kappa shape index (κ2) is 7.92. The van der Waals surface area contributed by atoms with Gasteiger partial charge < -0.3 is 0 Å². The highest BCUT2D eigenvalue weighted by molar-refractivity contribution is 7.86. The summed E-state index contributed by atoms with van der Waals surface area (Å²) >= 11 is 0. The summed E-state index contributed by atoms with van der Waals surface area (Å²) in [6.45, 7) is 3.83. The summed E-state index contributed by atoms with van der Waals surface area (Å²) in [6, 6.07) is 23.7. The van der Waals surface area contributed by atoms with Gasteiger partial charge in [-0.25, -0.2) is 4.99 Å². The van der Waals surface area contributed by atoms with E-state index in [2.05, 4.69) is 10.1 Å². The predicted molar refractivity (Wildman–Crippen MR) is 119 cm³/mol. The second-order valence-electron chi connectivity index (χ2n) is 7.58. The number of Topliss-reactive ketones (excluding diaryl/α,β-unsaturated/α-hetero) is 1. The fourth-order valence-corrected chi connectivity index (χ4v) is 4.22. The minimum atomic E-state index is -4.20. The number of carbonyl (C=O) groups excluding carboxylic acids is 1. The highest BCUT2D eigenvalue weighted by Gasteiger charge is 2.40. The Morgan fingerprint density at radius 1 is 0.871 bits per heavy atom. The van der Waals surface area contributed by atoms with Gasteiger partial charge in [0.2, 0.25) is 5.78 Å². The molecule has 0 unspecified atom stereocenters. The normalized spacial score (nSPS) is 15.2. The van der Waals surface area contributed by atoms with Crippen molar-refractivity contribution in [3.63, 3.8) is 0 Å². The molecule has 156 valence electrons. The van der Waals surface area contributed by atoms with E-state index in [1.807, 2.05) is 38.1 Å². The van der Waals surface area contributed by atoms with Crippen molar-refractivity contribution in [1.29, 1.82) is 0 Å². The first-order valence-corrected chi connectivity index (χ1v) is 11.1. The molecule has 0 atom stereocenters. The van der Waals surface area contributed by atoms with Gasteiger partial charge in [-0.3, -0.25) is 9.08 Å². The number of ketones is 1. The maximum Gasteiger partial charge on any atom is 0.358 e. The molecule has 0 bridgehead atoms. The van der Waals surface area contributed by atoms with Gasteiger partial charge in [-0.2, -0.15) is 8.42 Å². The van der Waals surface area contributed by atoms with E-state index in [1.165, 1.54) is 12.1 Å². The van der Waals surface area contributed by atoms with Crippen LogP contribution in [-0.4, -0.2) is 25.6 Å². The molecule has 0 aliphatic carbocycles. The average Bonchev–Trinajstić information content (AvgIpc) is 3.06. The Balaban J connectivity index is 1.80. The monoisotopic (exact) mass is 432 g/mol. The van der Waals surface area contributed by atoms with E-state index in [9.17, 15) is 13.2 Å². The number of aliphatic imine (C=N–C) groups is 1. The summed E-state index contributed by atoms with van der Waals surface area (Å²) in [7, 11) is -4.20. The number of fused-ring (bicyclic) bond motifs is 1. The summed E-state index contributed by atoms with van der Waals surface area (Å²) in [6.07, 6.45) is 0. The third kappa shape index (κ3) is 3.92. The maximum absolute atomic E-state index is 13.3. The van der Waals surface area contributed by atoms with Gasteiger partial charge in [-0.15, -0.1) is 0 Å². The zero-order valence-electron chi connectivity index (χ0n) is 17.0. The highest BCUT2D eigenvalue weighted by atomic mass is 32.2. The summed E-state index contributed by atoms with van der Waals surface area (Å²) < 4.78 is 30.2. The van der Waals surface area contributed by atoms with E-state index in [-0.39, 0.29) is 10.6 Å². The minimum absolute atomic E-state index is 0.0545. The van der Waals surface area contributed by atoms with Crippen molar-refractivity contribution in [2.45, 2.75) is 24.2 Å². The Hall–Kier alpha value is -3.58. The van der Waals surface area contributed by atoms with Crippen LogP contribution in [0.15, 0.2) is 100.0 Å². The molecule has 1 aliphatic rings. The molecular weight excluding hydrogens is 412 g/mol. The van der Waals surface area contributed by atoms with E-state index in [4.69, 9.17) is 4.28 Å². The van der Waals surface area contributed by atoms with Gasteiger partial charge in [-0.1, -0.05) is 71.9 Å². The molecule has 0 radical (unpaired) electrons. The molecule has 3 aromatic rings. The molecule has 0 fully saturated rings. The number of hydrogen-bond donors (Lipinski definition) is 0. The van der Waals surface area contributed by atoms with Crippen LogP contribution in [0.2, 0.25) is 0 Å². The van der Waals surface area contributed by atoms with Crippen LogP contribution in [0.3, 0.4) is 0 Å². The lowest BCUT2D eigenvalue weighted by Gasteiger charge is -2.22. The van der Waals surface area contributed by atoms with Crippen LogP contribution in [0, 0.1) is 0 Å². The Bertz CT molecular complexity index is 1300. The quantitative estimate of drug-likeness (QED) is 0.321. The second-order valence-corrected chi connectivity index (χ2v) is 9.11. The van der Waals surface area contributed by atoms with Crippen molar-refractivity contribution in [3.05, 3.63) is 96.1 Å². The minimum Gasteiger partial charge on any atom is -0.287 e. The number of oxime groups is 1. The molecule has 0 aromatic heterocycles. The zero-order valence-corrected chi connectivity index (χ0v) is 17.8. The standard InChI is InChI=1S/C24H20N2O4S/c1-24(2)19-15-9-10-16-20(19)25-23(24)21(22(27)17-11-5-3-6-12-17)26-30-31(28,29)18-13-7-4-8-14-18/h3-16H,1-2H3. The maximum atomic E-state index is 13.3. The molecule has 6 nitrogen and oxygen atoms in total. The van der Waals surface area contributed by atoms with Crippen LogP contribution in [0.5, 0.6) is 0 Å². The van der Waals surface area contributed by atoms with Gasteiger partial charge in [0.25, 0.3) is 0 Å². The van der Waals surface area contributed by atoms with Crippen molar-refractivity contribution < 1.29 is 17.5 Å². The van der Waals surface area contributed by atoms with Crippen molar-refractivity contribution >= 4 is 33.0 Å². The van der Waals surface area contributed by atoms with Crippen LogP contribution in [0.4, 0.5) is 5.69 Å². The summed E-state index contributed by atoms with van der Waals surface area (Å²) in [4.78, 5) is 17.9. The fourth-order valence-electron chi connectivity index (χ4n) is 3.47. The first kappa shape index (κ1) is 20.7. The molecule has 0 amide bonds. The number of carbonyl (C=O) groups is 1. The number of rotatable bonds is 6. The van der Waals surface area contributed by atoms with Crippen LogP contribution >= 0.6 is 0 Å². The van der Waals surface area contributed by atoms with Crippen molar-refractivity contribution in [2.75, 3.05) is 0 Å². The molecule has 0 saturated carbocycles. The molecule has 0 saturated heterocycles. The fraction of sp³-hybridized carbons (Fsp3) is 0.125. The Labute approximate surface area is 181 Å². The lowest BCUT2D eigenvalue weighted by Crippen LogP contribution is -2.37. The summed E-state index contributed by atoms with van der Waals surface area (Å²) in [5.74, 6) is -0.469. The third-order valence-electron chi connectivity index (χ3n) is 5.14. The van der Waals surface area contributed by atoms with Gasteiger partial charge in [0.15, 0.2) is 5.71 Å². The van der Waals surface area contributed by atoms with Gasteiger partial charge in [0, 0.05) is 11.0 Å². The molecule has 0 spiro atoms. The summed E-state index contributed by atoms with van der Waals surface area (Å²) in [5.41, 5.74) is 1.53.